The number of nitrogens with one attached hydrogen (secondary N) is 1. The van der Waals surface area contributed by atoms with Gasteiger partial charge in [0.25, 0.3) is 0 Å². The van der Waals surface area contributed by atoms with Gasteiger partial charge in [0.2, 0.25) is 0 Å². The normalized spacial score (nSPS) is 26.4. The molecule has 23 heavy (non-hydrogen) atoms. The molecule has 3 N–H and O–H groups in total. The summed E-state index contributed by atoms with van der Waals surface area (Å²) < 4.78 is 0. The molecule has 1 aliphatic rings. The molecule has 1 aromatic carbocycles. The Hall–Kier alpha value is -2.42. The SMILES string of the molecule is C[C@@H]1C[C@@H](Nc2cc(C#Cc3ccccc3)ncn2)[C@H](O)[C@@H]1O. The fourth-order valence-electron chi connectivity index (χ4n) is 2.75. The summed E-state index contributed by atoms with van der Waals surface area (Å²) >= 11 is 0. The zero-order valence-electron chi connectivity index (χ0n) is 12.8. The highest BCUT2D eigenvalue weighted by molar-refractivity contribution is 5.45. The summed E-state index contributed by atoms with van der Waals surface area (Å²) in [4.78, 5) is 8.30. The molecule has 0 saturated heterocycles. The van der Waals surface area contributed by atoms with Gasteiger partial charge in [-0.05, 0) is 30.4 Å². The molecule has 0 spiro atoms. The fourth-order valence-corrected chi connectivity index (χ4v) is 2.75. The molecule has 1 heterocycles. The molecule has 1 fully saturated rings. The number of benzene rings is 1. The maximum Gasteiger partial charge on any atom is 0.130 e. The molecular weight excluding hydrogens is 290 g/mol. The van der Waals surface area contributed by atoms with Crippen LogP contribution < -0.4 is 5.32 Å². The maximum absolute atomic E-state index is 10.0. The van der Waals surface area contributed by atoms with Gasteiger partial charge in [0.05, 0.1) is 12.1 Å². The van der Waals surface area contributed by atoms with Crippen LogP contribution in [-0.4, -0.2) is 38.4 Å². The van der Waals surface area contributed by atoms with E-state index in [1.165, 1.54) is 6.33 Å². The quantitative estimate of drug-likeness (QED) is 0.731. The van der Waals surface area contributed by atoms with Crippen molar-refractivity contribution in [3.05, 3.63) is 54.0 Å². The highest BCUT2D eigenvalue weighted by atomic mass is 16.3. The van der Waals surface area contributed by atoms with E-state index < -0.39 is 12.2 Å². The molecule has 0 amide bonds. The van der Waals surface area contributed by atoms with E-state index in [0.29, 0.717) is 17.9 Å². The van der Waals surface area contributed by atoms with E-state index in [2.05, 4.69) is 27.1 Å². The van der Waals surface area contributed by atoms with Gasteiger partial charge in [-0.2, -0.15) is 0 Å². The van der Waals surface area contributed by atoms with Gasteiger partial charge in [0, 0.05) is 11.6 Å². The molecule has 5 heteroatoms. The van der Waals surface area contributed by atoms with Crippen LogP contribution in [0.2, 0.25) is 0 Å². The van der Waals surface area contributed by atoms with Crippen LogP contribution in [-0.2, 0) is 0 Å². The average molecular weight is 309 g/mol. The molecule has 1 aromatic heterocycles. The Morgan fingerprint density at radius 2 is 1.87 bits per heavy atom. The van der Waals surface area contributed by atoms with Crippen molar-refractivity contribution in [2.24, 2.45) is 5.92 Å². The fraction of sp³-hybridized carbons (Fsp3) is 0.333. The summed E-state index contributed by atoms with van der Waals surface area (Å²) in [5.74, 6) is 6.71. The number of anilines is 1. The van der Waals surface area contributed by atoms with Crippen LogP contribution in [0.25, 0.3) is 0 Å². The van der Waals surface area contributed by atoms with E-state index in [0.717, 1.165) is 5.56 Å². The van der Waals surface area contributed by atoms with E-state index in [-0.39, 0.29) is 12.0 Å². The minimum atomic E-state index is -0.793. The lowest BCUT2D eigenvalue weighted by Crippen LogP contribution is -2.35. The topological polar surface area (TPSA) is 78.3 Å². The highest BCUT2D eigenvalue weighted by Gasteiger charge is 2.39. The molecule has 0 unspecified atom stereocenters. The minimum absolute atomic E-state index is 0.0571. The number of hydrogen-bond acceptors (Lipinski definition) is 5. The standard InChI is InChI=1S/C18H19N3O2/c1-12-9-15(18(23)17(12)22)21-16-10-14(19-11-20-16)8-7-13-5-3-2-4-6-13/h2-6,10-12,15,17-18,22-23H,9H2,1H3,(H,19,20,21)/t12-,15-,17-,18+/m1/s1. The largest absolute Gasteiger partial charge is 0.390 e. The number of nitrogens with zero attached hydrogens (tertiary/aromatic N) is 2. The van der Waals surface area contributed by atoms with Gasteiger partial charge in [-0.15, -0.1) is 0 Å². The van der Waals surface area contributed by atoms with E-state index >= 15 is 0 Å². The Bertz CT molecular complexity index is 724. The summed E-state index contributed by atoms with van der Waals surface area (Å²) in [6.45, 7) is 1.92. The van der Waals surface area contributed by atoms with Gasteiger partial charge in [-0.3, -0.25) is 0 Å². The molecule has 5 nitrogen and oxygen atoms in total. The molecular formula is C18H19N3O2. The second-order valence-electron chi connectivity index (χ2n) is 5.85. The lowest BCUT2D eigenvalue weighted by atomic mass is 10.1. The first-order valence-electron chi connectivity index (χ1n) is 7.65. The number of hydrogen-bond donors (Lipinski definition) is 3. The van der Waals surface area contributed by atoms with Gasteiger partial charge in [0.15, 0.2) is 0 Å². The van der Waals surface area contributed by atoms with E-state index in [4.69, 9.17) is 0 Å². The first-order chi connectivity index (χ1) is 11.1. The molecule has 1 aliphatic carbocycles. The van der Waals surface area contributed by atoms with Crippen LogP contribution >= 0.6 is 0 Å². The molecule has 118 valence electrons. The third kappa shape index (κ3) is 3.67. The third-order valence-electron chi connectivity index (χ3n) is 4.08. The van der Waals surface area contributed by atoms with Gasteiger partial charge in [-0.25, -0.2) is 9.97 Å². The van der Waals surface area contributed by atoms with E-state index in [1.807, 2.05) is 37.3 Å². The van der Waals surface area contributed by atoms with Crippen LogP contribution in [0.1, 0.15) is 24.6 Å². The van der Waals surface area contributed by atoms with E-state index in [1.54, 1.807) is 6.07 Å². The molecule has 0 radical (unpaired) electrons. The molecule has 2 aromatic rings. The Labute approximate surface area is 135 Å². The predicted molar refractivity (Wildman–Crippen MR) is 87.7 cm³/mol. The Morgan fingerprint density at radius 1 is 1.09 bits per heavy atom. The van der Waals surface area contributed by atoms with Gasteiger partial charge in [-0.1, -0.05) is 31.0 Å². The third-order valence-corrected chi connectivity index (χ3v) is 4.08. The van der Waals surface area contributed by atoms with Crippen LogP contribution in [0.15, 0.2) is 42.7 Å². The number of aromatic nitrogens is 2. The monoisotopic (exact) mass is 309 g/mol. The van der Waals surface area contributed by atoms with Crippen molar-refractivity contribution >= 4 is 5.82 Å². The zero-order chi connectivity index (χ0) is 16.2. The lowest BCUT2D eigenvalue weighted by Gasteiger charge is -2.18. The first-order valence-corrected chi connectivity index (χ1v) is 7.65. The lowest BCUT2D eigenvalue weighted by molar-refractivity contribution is 0.0210. The number of aliphatic hydroxyl groups is 2. The number of rotatable bonds is 2. The van der Waals surface area contributed by atoms with Crippen molar-refractivity contribution in [2.75, 3.05) is 5.32 Å². The van der Waals surface area contributed by atoms with Crippen molar-refractivity contribution in [2.45, 2.75) is 31.6 Å². The summed E-state index contributed by atoms with van der Waals surface area (Å²) in [6, 6.07) is 11.2. The molecule has 1 saturated carbocycles. The molecule has 0 aliphatic heterocycles. The zero-order valence-corrected chi connectivity index (χ0v) is 12.8. The smallest absolute Gasteiger partial charge is 0.130 e. The molecule has 3 rings (SSSR count). The summed E-state index contributed by atoms with van der Waals surface area (Å²) in [5, 5.41) is 23.0. The van der Waals surface area contributed by atoms with Crippen molar-refractivity contribution in [1.29, 1.82) is 0 Å². The van der Waals surface area contributed by atoms with Crippen molar-refractivity contribution < 1.29 is 10.2 Å². The van der Waals surface area contributed by atoms with Gasteiger partial charge < -0.3 is 15.5 Å². The molecule has 4 atom stereocenters. The summed E-state index contributed by atoms with van der Waals surface area (Å²) in [5.41, 5.74) is 1.52. The molecule has 0 bridgehead atoms. The van der Waals surface area contributed by atoms with Gasteiger partial charge in [0.1, 0.15) is 23.9 Å². The summed E-state index contributed by atoms with van der Waals surface area (Å²) in [7, 11) is 0. The van der Waals surface area contributed by atoms with E-state index in [9.17, 15) is 10.2 Å². The second kappa shape index (κ2) is 6.78. The van der Waals surface area contributed by atoms with Crippen molar-refractivity contribution in [3.63, 3.8) is 0 Å². The highest BCUT2D eigenvalue weighted by Crippen LogP contribution is 2.28. The van der Waals surface area contributed by atoms with Crippen LogP contribution in [0.5, 0.6) is 0 Å². The van der Waals surface area contributed by atoms with Crippen molar-refractivity contribution in [1.82, 2.24) is 9.97 Å². The predicted octanol–water partition coefficient (Wildman–Crippen LogP) is 1.42. The summed E-state index contributed by atoms with van der Waals surface area (Å²) in [6.07, 6.45) is 0.640. The Morgan fingerprint density at radius 3 is 2.57 bits per heavy atom. The van der Waals surface area contributed by atoms with Gasteiger partial charge >= 0.3 is 0 Å². The first kappa shape index (κ1) is 15.5. The van der Waals surface area contributed by atoms with Crippen LogP contribution in [0.3, 0.4) is 0 Å². The van der Waals surface area contributed by atoms with Crippen molar-refractivity contribution in [3.8, 4) is 11.8 Å². The number of aliphatic hydroxyl groups excluding tert-OH is 2. The maximum atomic E-state index is 10.0. The average Bonchev–Trinajstić information content (AvgIpc) is 2.81. The Kier molecular flexibility index (Phi) is 4.56. The minimum Gasteiger partial charge on any atom is -0.390 e. The Balaban J connectivity index is 1.72. The van der Waals surface area contributed by atoms with Crippen LogP contribution in [0, 0.1) is 17.8 Å². The van der Waals surface area contributed by atoms with Crippen LogP contribution in [0.4, 0.5) is 5.82 Å². The second-order valence-corrected chi connectivity index (χ2v) is 5.85.